The Bertz CT molecular complexity index is 344. The number of aromatic carboxylic acids is 1. The summed E-state index contributed by atoms with van der Waals surface area (Å²) in [6.45, 7) is 5.82. The first-order valence-corrected chi connectivity index (χ1v) is 5.49. The van der Waals surface area contributed by atoms with E-state index in [2.05, 4.69) is 18.7 Å². The van der Waals surface area contributed by atoms with Crippen LogP contribution < -0.4 is 0 Å². The van der Waals surface area contributed by atoms with Crippen LogP contribution in [0.3, 0.4) is 0 Å². The molecule has 0 aliphatic rings. The van der Waals surface area contributed by atoms with E-state index in [9.17, 15) is 4.79 Å². The summed E-state index contributed by atoms with van der Waals surface area (Å²) >= 11 is 0. The second-order valence-corrected chi connectivity index (χ2v) is 4.48. The van der Waals surface area contributed by atoms with E-state index < -0.39 is 5.97 Å². The first-order chi connectivity index (χ1) is 7.50. The molecule has 0 saturated carbocycles. The fourth-order valence-electron chi connectivity index (χ4n) is 1.46. The molecule has 0 amide bonds. The third-order valence-corrected chi connectivity index (χ3v) is 2.48. The normalized spacial score (nSPS) is 11.3. The van der Waals surface area contributed by atoms with Crippen molar-refractivity contribution in [3.05, 3.63) is 23.7 Å². The largest absolute Gasteiger partial charge is 0.478 e. The van der Waals surface area contributed by atoms with Crippen molar-refractivity contribution < 1.29 is 14.3 Å². The summed E-state index contributed by atoms with van der Waals surface area (Å²) in [5.41, 5.74) is 0.261. The van der Waals surface area contributed by atoms with E-state index in [0.29, 0.717) is 18.2 Å². The molecule has 0 aliphatic carbocycles. The number of carbonyl (C=O) groups is 1. The molecule has 1 rings (SSSR count). The molecular weight excluding hydrogens is 206 g/mol. The summed E-state index contributed by atoms with van der Waals surface area (Å²) in [5.74, 6) is 0.248. The maximum absolute atomic E-state index is 10.9. The molecule has 0 saturated heterocycles. The maximum Gasteiger partial charge on any atom is 0.339 e. The number of carboxylic acids is 1. The Balaban J connectivity index is 2.52. The van der Waals surface area contributed by atoms with Crippen LogP contribution in [-0.2, 0) is 6.54 Å². The molecular formula is C12H19NO3. The van der Waals surface area contributed by atoms with Crippen LogP contribution in [0.2, 0.25) is 0 Å². The summed E-state index contributed by atoms with van der Waals surface area (Å²) in [6.07, 6.45) is 2.52. The Morgan fingerprint density at radius 1 is 1.56 bits per heavy atom. The van der Waals surface area contributed by atoms with E-state index in [1.807, 2.05) is 7.05 Å². The Hall–Kier alpha value is -1.29. The summed E-state index contributed by atoms with van der Waals surface area (Å²) in [6, 6.07) is 1.49. The van der Waals surface area contributed by atoms with E-state index in [1.54, 1.807) is 0 Å². The van der Waals surface area contributed by atoms with E-state index in [-0.39, 0.29) is 5.56 Å². The van der Waals surface area contributed by atoms with Gasteiger partial charge in [0.25, 0.3) is 0 Å². The van der Waals surface area contributed by atoms with Crippen molar-refractivity contribution in [3.63, 3.8) is 0 Å². The lowest BCUT2D eigenvalue weighted by Gasteiger charge is -2.16. The van der Waals surface area contributed by atoms with Crippen LogP contribution in [0, 0.1) is 5.92 Å². The van der Waals surface area contributed by atoms with Gasteiger partial charge in [0.2, 0.25) is 0 Å². The standard InChI is InChI=1S/C12H19NO3/c1-9(2)4-6-13(3)8-11-10(12(14)15)5-7-16-11/h5,7,9H,4,6,8H2,1-3H3,(H,14,15). The van der Waals surface area contributed by atoms with Crippen molar-refractivity contribution in [2.24, 2.45) is 5.92 Å². The van der Waals surface area contributed by atoms with Crippen molar-refractivity contribution in [2.75, 3.05) is 13.6 Å². The van der Waals surface area contributed by atoms with Gasteiger partial charge in [-0.15, -0.1) is 0 Å². The van der Waals surface area contributed by atoms with Crippen molar-refractivity contribution in [1.29, 1.82) is 0 Å². The molecule has 4 nitrogen and oxygen atoms in total. The molecule has 0 unspecified atom stereocenters. The van der Waals surface area contributed by atoms with Gasteiger partial charge in [-0.3, -0.25) is 4.90 Å². The Labute approximate surface area is 95.9 Å². The van der Waals surface area contributed by atoms with Crippen LogP contribution in [0.15, 0.2) is 16.7 Å². The number of furan rings is 1. The van der Waals surface area contributed by atoms with Crippen LogP contribution in [-0.4, -0.2) is 29.6 Å². The molecule has 0 spiro atoms. The highest BCUT2D eigenvalue weighted by Gasteiger charge is 2.14. The van der Waals surface area contributed by atoms with Gasteiger partial charge in [0, 0.05) is 0 Å². The van der Waals surface area contributed by atoms with Crippen molar-refractivity contribution in [1.82, 2.24) is 4.90 Å². The van der Waals surface area contributed by atoms with Gasteiger partial charge in [0.1, 0.15) is 11.3 Å². The van der Waals surface area contributed by atoms with Crippen LogP contribution >= 0.6 is 0 Å². The molecule has 4 heteroatoms. The van der Waals surface area contributed by atoms with Gasteiger partial charge in [-0.25, -0.2) is 4.79 Å². The lowest BCUT2D eigenvalue weighted by molar-refractivity contribution is 0.0693. The lowest BCUT2D eigenvalue weighted by atomic mass is 10.1. The average Bonchev–Trinajstić information content (AvgIpc) is 2.62. The minimum atomic E-state index is -0.930. The first-order valence-electron chi connectivity index (χ1n) is 5.49. The Morgan fingerprint density at radius 2 is 2.25 bits per heavy atom. The molecule has 0 bridgehead atoms. The van der Waals surface area contributed by atoms with Gasteiger partial charge in [-0.2, -0.15) is 0 Å². The average molecular weight is 225 g/mol. The molecule has 16 heavy (non-hydrogen) atoms. The quantitative estimate of drug-likeness (QED) is 0.808. The zero-order chi connectivity index (χ0) is 12.1. The highest BCUT2D eigenvalue weighted by Crippen LogP contribution is 2.13. The molecule has 0 atom stereocenters. The molecule has 0 fully saturated rings. The second-order valence-electron chi connectivity index (χ2n) is 4.48. The monoisotopic (exact) mass is 225 g/mol. The van der Waals surface area contributed by atoms with Crippen molar-refractivity contribution in [3.8, 4) is 0 Å². The summed E-state index contributed by atoms with van der Waals surface area (Å²) in [7, 11) is 1.97. The van der Waals surface area contributed by atoms with E-state index in [0.717, 1.165) is 13.0 Å². The molecule has 1 heterocycles. The number of carboxylic acid groups (broad SMARTS) is 1. The summed E-state index contributed by atoms with van der Waals surface area (Å²) < 4.78 is 5.18. The predicted molar refractivity (Wildman–Crippen MR) is 61.5 cm³/mol. The highest BCUT2D eigenvalue weighted by atomic mass is 16.4. The second kappa shape index (κ2) is 5.70. The highest BCUT2D eigenvalue weighted by molar-refractivity contribution is 5.88. The topological polar surface area (TPSA) is 53.7 Å². The smallest absolute Gasteiger partial charge is 0.339 e. The zero-order valence-electron chi connectivity index (χ0n) is 10.1. The third-order valence-electron chi connectivity index (χ3n) is 2.48. The number of hydrogen-bond acceptors (Lipinski definition) is 3. The molecule has 1 N–H and O–H groups in total. The molecule has 0 radical (unpaired) electrons. The fourth-order valence-corrected chi connectivity index (χ4v) is 1.46. The number of hydrogen-bond donors (Lipinski definition) is 1. The van der Waals surface area contributed by atoms with Gasteiger partial charge < -0.3 is 9.52 Å². The van der Waals surface area contributed by atoms with Crippen LogP contribution in [0.25, 0.3) is 0 Å². The van der Waals surface area contributed by atoms with Crippen molar-refractivity contribution in [2.45, 2.75) is 26.8 Å². The van der Waals surface area contributed by atoms with E-state index in [4.69, 9.17) is 9.52 Å². The summed E-state index contributed by atoms with van der Waals surface area (Å²) in [4.78, 5) is 12.9. The molecule has 90 valence electrons. The minimum absolute atomic E-state index is 0.261. The Kier molecular flexibility index (Phi) is 4.55. The van der Waals surface area contributed by atoms with E-state index in [1.165, 1.54) is 12.3 Å². The first kappa shape index (κ1) is 12.8. The number of nitrogens with zero attached hydrogens (tertiary/aromatic N) is 1. The Morgan fingerprint density at radius 3 is 2.81 bits per heavy atom. The van der Waals surface area contributed by atoms with Gasteiger partial charge >= 0.3 is 5.97 Å². The lowest BCUT2D eigenvalue weighted by Crippen LogP contribution is -2.21. The van der Waals surface area contributed by atoms with Crippen LogP contribution in [0.5, 0.6) is 0 Å². The number of rotatable bonds is 6. The SMILES string of the molecule is CC(C)CCN(C)Cc1occc1C(=O)O. The molecule has 1 aromatic heterocycles. The predicted octanol–water partition coefficient (Wildman–Crippen LogP) is 2.46. The maximum atomic E-state index is 10.9. The van der Waals surface area contributed by atoms with Crippen LogP contribution in [0.1, 0.15) is 36.4 Å². The van der Waals surface area contributed by atoms with Crippen molar-refractivity contribution >= 4 is 5.97 Å². The summed E-state index contributed by atoms with van der Waals surface area (Å²) in [5, 5.41) is 8.91. The minimum Gasteiger partial charge on any atom is -0.478 e. The zero-order valence-corrected chi connectivity index (χ0v) is 10.1. The molecule has 0 aromatic carbocycles. The third kappa shape index (κ3) is 3.70. The van der Waals surface area contributed by atoms with Gasteiger partial charge in [-0.05, 0) is 32.0 Å². The van der Waals surface area contributed by atoms with Crippen LogP contribution in [0.4, 0.5) is 0 Å². The van der Waals surface area contributed by atoms with E-state index >= 15 is 0 Å². The molecule has 1 aromatic rings. The fraction of sp³-hybridized carbons (Fsp3) is 0.583. The van der Waals surface area contributed by atoms with Gasteiger partial charge in [0.15, 0.2) is 0 Å². The molecule has 0 aliphatic heterocycles. The van der Waals surface area contributed by atoms with Gasteiger partial charge in [-0.1, -0.05) is 13.8 Å². The van der Waals surface area contributed by atoms with Gasteiger partial charge in [0.05, 0.1) is 12.8 Å².